The summed E-state index contributed by atoms with van der Waals surface area (Å²) in [5, 5.41) is 3.41. The minimum absolute atomic E-state index is 0.109. The lowest BCUT2D eigenvalue weighted by Crippen LogP contribution is -2.49. The molecule has 22 heavy (non-hydrogen) atoms. The molecule has 2 aliphatic heterocycles. The third kappa shape index (κ3) is 2.55. The first-order chi connectivity index (χ1) is 10.8. The highest BCUT2D eigenvalue weighted by molar-refractivity contribution is 5.85. The van der Waals surface area contributed by atoms with Gasteiger partial charge in [-0.2, -0.15) is 0 Å². The molecule has 4 heteroatoms. The topological polar surface area (TPSA) is 35.6 Å². The molecule has 3 aliphatic rings. The highest BCUT2D eigenvalue weighted by Crippen LogP contribution is 2.35. The molecule has 118 valence electrons. The van der Waals surface area contributed by atoms with Crippen molar-refractivity contribution in [3.05, 3.63) is 35.4 Å². The van der Waals surface area contributed by atoms with Crippen LogP contribution in [0.25, 0.3) is 0 Å². The van der Waals surface area contributed by atoms with Crippen LogP contribution in [-0.4, -0.2) is 61.0 Å². The van der Waals surface area contributed by atoms with Gasteiger partial charge in [-0.3, -0.25) is 9.69 Å². The molecule has 4 nitrogen and oxygen atoms in total. The number of piperazine rings is 1. The zero-order chi connectivity index (χ0) is 14.9. The van der Waals surface area contributed by atoms with Crippen molar-refractivity contribution in [3.63, 3.8) is 0 Å². The molecule has 4 rings (SSSR count). The molecule has 0 saturated carbocycles. The lowest BCUT2D eigenvalue weighted by molar-refractivity contribution is -0.131. The van der Waals surface area contributed by atoms with E-state index in [-0.39, 0.29) is 5.92 Å². The molecular weight excluding hydrogens is 274 g/mol. The van der Waals surface area contributed by atoms with Gasteiger partial charge in [-0.05, 0) is 30.4 Å². The van der Waals surface area contributed by atoms with Crippen molar-refractivity contribution in [2.24, 2.45) is 0 Å². The van der Waals surface area contributed by atoms with E-state index in [1.165, 1.54) is 11.1 Å². The summed E-state index contributed by atoms with van der Waals surface area (Å²) in [5.41, 5.74) is 2.65. The number of benzene rings is 1. The largest absolute Gasteiger partial charge is 0.341 e. The fraction of sp³-hybridized carbons (Fsp3) is 0.611. The van der Waals surface area contributed by atoms with Crippen LogP contribution >= 0.6 is 0 Å². The van der Waals surface area contributed by atoms with E-state index in [4.69, 9.17) is 0 Å². The van der Waals surface area contributed by atoms with Crippen molar-refractivity contribution >= 4 is 5.91 Å². The normalized spacial score (nSPS) is 28.8. The van der Waals surface area contributed by atoms with Crippen molar-refractivity contribution in [1.29, 1.82) is 0 Å². The van der Waals surface area contributed by atoms with E-state index < -0.39 is 0 Å². The summed E-state index contributed by atoms with van der Waals surface area (Å²) in [6.07, 6.45) is 3.19. The molecule has 1 N–H and O–H groups in total. The number of nitrogens with zero attached hydrogens (tertiary/aromatic N) is 2. The smallest absolute Gasteiger partial charge is 0.230 e. The second kappa shape index (κ2) is 6.01. The predicted octanol–water partition coefficient (Wildman–Crippen LogP) is 1.22. The molecule has 0 radical (unpaired) electrons. The molecule has 1 aliphatic carbocycles. The van der Waals surface area contributed by atoms with Crippen LogP contribution < -0.4 is 5.32 Å². The van der Waals surface area contributed by atoms with Crippen LogP contribution in [0.5, 0.6) is 0 Å². The second-order valence-corrected chi connectivity index (χ2v) is 6.80. The van der Waals surface area contributed by atoms with Crippen LogP contribution in [0.15, 0.2) is 24.3 Å². The molecule has 1 amide bonds. The van der Waals surface area contributed by atoms with Gasteiger partial charge in [0.05, 0.1) is 5.92 Å². The summed E-state index contributed by atoms with van der Waals surface area (Å²) in [6, 6.07) is 9.05. The van der Waals surface area contributed by atoms with Crippen LogP contribution in [0.4, 0.5) is 0 Å². The number of carbonyl (C=O) groups excluding carboxylic acids is 1. The SMILES string of the molecule is O=C(C1CCc2ccccc21)N1CCC(N2CCNCC2)C1. The van der Waals surface area contributed by atoms with Gasteiger partial charge < -0.3 is 10.2 Å². The maximum Gasteiger partial charge on any atom is 0.230 e. The lowest BCUT2D eigenvalue weighted by Gasteiger charge is -2.32. The standard InChI is InChI=1S/C18H25N3O/c22-18(17-6-5-14-3-1-2-4-16(14)17)21-10-7-15(13-21)20-11-8-19-9-12-20/h1-4,15,17,19H,5-13H2. The number of fused-ring (bicyclic) bond motifs is 1. The molecule has 2 fully saturated rings. The minimum Gasteiger partial charge on any atom is -0.341 e. The van der Waals surface area contributed by atoms with Gasteiger partial charge in [0.1, 0.15) is 0 Å². The van der Waals surface area contributed by atoms with Crippen LogP contribution in [0, 0.1) is 0 Å². The average molecular weight is 299 g/mol. The van der Waals surface area contributed by atoms with Gasteiger partial charge in [0.15, 0.2) is 0 Å². The van der Waals surface area contributed by atoms with E-state index in [9.17, 15) is 4.79 Å². The van der Waals surface area contributed by atoms with Gasteiger partial charge in [-0.15, -0.1) is 0 Å². The number of aryl methyl sites for hydroxylation is 1. The summed E-state index contributed by atoms with van der Waals surface area (Å²) >= 11 is 0. The first-order valence-electron chi connectivity index (χ1n) is 8.64. The number of nitrogens with one attached hydrogen (secondary N) is 1. The second-order valence-electron chi connectivity index (χ2n) is 6.80. The van der Waals surface area contributed by atoms with Crippen molar-refractivity contribution in [2.45, 2.75) is 31.2 Å². The van der Waals surface area contributed by atoms with Gasteiger partial charge in [0, 0.05) is 45.3 Å². The number of carbonyl (C=O) groups is 1. The molecule has 0 aromatic heterocycles. The van der Waals surface area contributed by atoms with E-state index in [2.05, 4.69) is 39.4 Å². The van der Waals surface area contributed by atoms with Crippen LogP contribution in [0.1, 0.15) is 29.9 Å². The lowest BCUT2D eigenvalue weighted by atomic mass is 10.00. The Morgan fingerprint density at radius 2 is 1.91 bits per heavy atom. The highest BCUT2D eigenvalue weighted by atomic mass is 16.2. The van der Waals surface area contributed by atoms with Crippen LogP contribution in [-0.2, 0) is 11.2 Å². The van der Waals surface area contributed by atoms with E-state index in [0.29, 0.717) is 11.9 Å². The number of likely N-dealkylation sites (tertiary alicyclic amines) is 1. The van der Waals surface area contributed by atoms with Gasteiger partial charge in [-0.25, -0.2) is 0 Å². The third-order valence-electron chi connectivity index (χ3n) is 5.57. The monoisotopic (exact) mass is 299 g/mol. The molecule has 2 unspecified atom stereocenters. The van der Waals surface area contributed by atoms with E-state index >= 15 is 0 Å². The number of amides is 1. The highest BCUT2D eigenvalue weighted by Gasteiger charge is 2.36. The Morgan fingerprint density at radius 3 is 2.77 bits per heavy atom. The Bertz CT molecular complexity index is 553. The van der Waals surface area contributed by atoms with Crippen LogP contribution in [0.3, 0.4) is 0 Å². The molecular formula is C18H25N3O. The number of hydrogen-bond acceptors (Lipinski definition) is 3. The van der Waals surface area contributed by atoms with Crippen molar-refractivity contribution in [2.75, 3.05) is 39.3 Å². The van der Waals surface area contributed by atoms with Crippen molar-refractivity contribution in [3.8, 4) is 0 Å². The molecule has 0 spiro atoms. The number of rotatable bonds is 2. The van der Waals surface area contributed by atoms with Crippen molar-refractivity contribution in [1.82, 2.24) is 15.1 Å². The quantitative estimate of drug-likeness (QED) is 0.892. The van der Waals surface area contributed by atoms with E-state index in [0.717, 1.165) is 58.5 Å². The van der Waals surface area contributed by atoms with Gasteiger partial charge in [-0.1, -0.05) is 24.3 Å². The van der Waals surface area contributed by atoms with E-state index in [1.54, 1.807) is 0 Å². The van der Waals surface area contributed by atoms with Crippen molar-refractivity contribution < 1.29 is 4.79 Å². The third-order valence-corrected chi connectivity index (χ3v) is 5.57. The average Bonchev–Trinajstić information content (AvgIpc) is 3.22. The summed E-state index contributed by atoms with van der Waals surface area (Å²) in [4.78, 5) is 17.6. The fourth-order valence-corrected chi connectivity index (χ4v) is 4.32. The van der Waals surface area contributed by atoms with E-state index in [1.807, 2.05) is 0 Å². The maximum absolute atomic E-state index is 12.9. The summed E-state index contributed by atoms with van der Waals surface area (Å²) in [5.74, 6) is 0.473. The maximum atomic E-state index is 12.9. The fourth-order valence-electron chi connectivity index (χ4n) is 4.32. The minimum atomic E-state index is 0.109. The first kappa shape index (κ1) is 14.2. The summed E-state index contributed by atoms with van der Waals surface area (Å²) in [6.45, 7) is 6.28. The zero-order valence-electron chi connectivity index (χ0n) is 13.1. The molecule has 0 bridgehead atoms. The summed E-state index contributed by atoms with van der Waals surface area (Å²) in [7, 11) is 0. The molecule has 1 aromatic carbocycles. The predicted molar refractivity (Wildman–Crippen MR) is 86.9 cm³/mol. The zero-order valence-corrected chi connectivity index (χ0v) is 13.1. The molecule has 2 saturated heterocycles. The Balaban J connectivity index is 1.42. The summed E-state index contributed by atoms with van der Waals surface area (Å²) < 4.78 is 0. The molecule has 1 aromatic rings. The van der Waals surface area contributed by atoms with Gasteiger partial charge >= 0.3 is 0 Å². The Hall–Kier alpha value is -1.39. The van der Waals surface area contributed by atoms with Gasteiger partial charge in [0.2, 0.25) is 5.91 Å². The first-order valence-corrected chi connectivity index (χ1v) is 8.64. The van der Waals surface area contributed by atoms with Gasteiger partial charge in [0.25, 0.3) is 0 Å². The Morgan fingerprint density at radius 1 is 1.09 bits per heavy atom. The molecule has 2 heterocycles. The Labute approximate surface area is 132 Å². The number of hydrogen-bond donors (Lipinski definition) is 1. The molecule has 2 atom stereocenters. The van der Waals surface area contributed by atoms with Crippen LogP contribution in [0.2, 0.25) is 0 Å². The Kier molecular flexibility index (Phi) is 3.89.